The first kappa shape index (κ1) is 16.7. The van der Waals surface area contributed by atoms with Crippen molar-refractivity contribution in [1.29, 1.82) is 0 Å². The number of hydrogen-bond acceptors (Lipinski definition) is 3. The summed E-state index contributed by atoms with van der Waals surface area (Å²) in [7, 11) is 1.97. The molecule has 128 valence electrons. The molecule has 2 heterocycles. The summed E-state index contributed by atoms with van der Waals surface area (Å²) in [6, 6.07) is 10.6. The minimum atomic E-state index is 0.146. The highest BCUT2D eigenvalue weighted by atomic mass is 16.2. The number of carbonyl (C=O) groups excluding carboxylic acids is 1. The van der Waals surface area contributed by atoms with Crippen molar-refractivity contribution in [3.63, 3.8) is 0 Å². The van der Waals surface area contributed by atoms with Crippen LogP contribution in [0.4, 0.5) is 0 Å². The van der Waals surface area contributed by atoms with Gasteiger partial charge in [-0.2, -0.15) is 5.10 Å². The Morgan fingerprint density at radius 2 is 1.88 bits per heavy atom. The van der Waals surface area contributed by atoms with Crippen LogP contribution in [0, 0.1) is 6.92 Å². The van der Waals surface area contributed by atoms with E-state index in [4.69, 9.17) is 0 Å². The van der Waals surface area contributed by atoms with E-state index in [9.17, 15) is 4.79 Å². The molecule has 24 heavy (non-hydrogen) atoms. The maximum atomic E-state index is 12.6. The van der Waals surface area contributed by atoms with Gasteiger partial charge in [0, 0.05) is 44.0 Å². The molecule has 1 fully saturated rings. The van der Waals surface area contributed by atoms with E-state index in [2.05, 4.69) is 17.3 Å². The summed E-state index contributed by atoms with van der Waals surface area (Å²) in [5.74, 6) is 0.146. The number of carbonyl (C=O) groups is 1. The van der Waals surface area contributed by atoms with Crippen LogP contribution >= 0.6 is 0 Å². The van der Waals surface area contributed by atoms with Crippen molar-refractivity contribution in [2.24, 2.45) is 7.05 Å². The fourth-order valence-electron chi connectivity index (χ4n) is 3.38. The number of rotatable bonds is 4. The Morgan fingerprint density at radius 3 is 2.46 bits per heavy atom. The van der Waals surface area contributed by atoms with E-state index in [1.165, 1.54) is 11.3 Å². The SMILES string of the molecule is Cc1ccc(C(=O)N2CCC(NC(C)c3ccnn3C)CC2)cc1. The van der Waals surface area contributed by atoms with Gasteiger partial charge in [-0.15, -0.1) is 0 Å². The second kappa shape index (κ2) is 7.18. The van der Waals surface area contributed by atoms with Crippen LogP contribution in [0.2, 0.25) is 0 Å². The smallest absolute Gasteiger partial charge is 0.253 e. The lowest BCUT2D eigenvalue weighted by atomic mass is 10.0. The van der Waals surface area contributed by atoms with Crippen molar-refractivity contribution in [2.75, 3.05) is 13.1 Å². The average molecular weight is 326 g/mol. The maximum Gasteiger partial charge on any atom is 0.253 e. The second-order valence-corrected chi connectivity index (χ2v) is 6.70. The number of hydrogen-bond donors (Lipinski definition) is 1. The highest BCUT2D eigenvalue weighted by Gasteiger charge is 2.25. The fraction of sp³-hybridized carbons (Fsp3) is 0.474. The number of aryl methyl sites for hydroxylation is 2. The lowest BCUT2D eigenvalue weighted by molar-refractivity contribution is 0.0702. The molecule has 0 saturated carbocycles. The zero-order valence-electron chi connectivity index (χ0n) is 14.7. The Kier molecular flexibility index (Phi) is 5.00. The quantitative estimate of drug-likeness (QED) is 0.940. The normalized spacial score (nSPS) is 17.0. The molecule has 1 unspecified atom stereocenters. The minimum Gasteiger partial charge on any atom is -0.339 e. The highest BCUT2D eigenvalue weighted by Crippen LogP contribution is 2.18. The summed E-state index contributed by atoms with van der Waals surface area (Å²) < 4.78 is 1.91. The Bertz CT molecular complexity index is 684. The molecule has 3 rings (SSSR count). The minimum absolute atomic E-state index is 0.146. The Labute approximate surface area is 143 Å². The molecule has 5 heteroatoms. The Hall–Kier alpha value is -2.14. The van der Waals surface area contributed by atoms with E-state index in [1.807, 2.05) is 60.1 Å². The molecule has 1 amide bonds. The van der Waals surface area contributed by atoms with Crippen LogP contribution in [-0.2, 0) is 7.05 Å². The van der Waals surface area contributed by atoms with Crippen LogP contribution in [0.25, 0.3) is 0 Å². The fourth-order valence-corrected chi connectivity index (χ4v) is 3.38. The van der Waals surface area contributed by atoms with Gasteiger partial charge < -0.3 is 10.2 Å². The van der Waals surface area contributed by atoms with E-state index < -0.39 is 0 Å². The lowest BCUT2D eigenvalue weighted by Gasteiger charge is -2.34. The van der Waals surface area contributed by atoms with Gasteiger partial charge in [-0.25, -0.2) is 0 Å². The molecule has 1 saturated heterocycles. The molecule has 1 aliphatic rings. The van der Waals surface area contributed by atoms with E-state index >= 15 is 0 Å². The summed E-state index contributed by atoms with van der Waals surface area (Å²) >= 11 is 0. The number of piperidine rings is 1. The number of nitrogens with zero attached hydrogens (tertiary/aromatic N) is 3. The van der Waals surface area contributed by atoms with Crippen LogP contribution in [0.15, 0.2) is 36.5 Å². The van der Waals surface area contributed by atoms with Crippen molar-refractivity contribution in [1.82, 2.24) is 20.0 Å². The number of likely N-dealkylation sites (tertiary alicyclic amines) is 1. The van der Waals surface area contributed by atoms with Crippen molar-refractivity contribution in [3.8, 4) is 0 Å². The average Bonchev–Trinajstić information content (AvgIpc) is 3.02. The summed E-state index contributed by atoms with van der Waals surface area (Å²) in [6.07, 6.45) is 3.80. The van der Waals surface area contributed by atoms with Gasteiger partial charge in [0.1, 0.15) is 0 Å². The van der Waals surface area contributed by atoms with Crippen molar-refractivity contribution in [2.45, 2.75) is 38.8 Å². The van der Waals surface area contributed by atoms with Crippen LogP contribution in [0.5, 0.6) is 0 Å². The van der Waals surface area contributed by atoms with Gasteiger partial charge in [-0.1, -0.05) is 17.7 Å². The van der Waals surface area contributed by atoms with E-state index in [1.54, 1.807) is 0 Å². The van der Waals surface area contributed by atoms with Gasteiger partial charge in [0.15, 0.2) is 0 Å². The van der Waals surface area contributed by atoms with Crippen LogP contribution in [0.3, 0.4) is 0 Å². The molecule has 2 aromatic rings. The topological polar surface area (TPSA) is 50.2 Å². The number of benzene rings is 1. The van der Waals surface area contributed by atoms with Gasteiger partial charge in [0.25, 0.3) is 5.91 Å². The molecule has 1 aromatic carbocycles. The van der Waals surface area contributed by atoms with E-state index in [0.717, 1.165) is 31.5 Å². The van der Waals surface area contributed by atoms with Crippen molar-refractivity contribution >= 4 is 5.91 Å². The van der Waals surface area contributed by atoms with Crippen molar-refractivity contribution < 1.29 is 4.79 Å². The van der Waals surface area contributed by atoms with Gasteiger partial charge in [0.05, 0.1) is 5.69 Å². The highest BCUT2D eigenvalue weighted by molar-refractivity contribution is 5.94. The molecule has 1 aliphatic heterocycles. The molecule has 0 radical (unpaired) electrons. The zero-order valence-corrected chi connectivity index (χ0v) is 14.7. The number of amides is 1. The predicted octanol–water partition coefficient (Wildman–Crippen LogP) is 2.68. The third-order valence-electron chi connectivity index (χ3n) is 4.87. The van der Waals surface area contributed by atoms with E-state index in [-0.39, 0.29) is 11.9 Å². The molecule has 1 aromatic heterocycles. The van der Waals surface area contributed by atoms with Crippen molar-refractivity contribution in [3.05, 3.63) is 53.3 Å². The summed E-state index contributed by atoms with van der Waals surface area (Å²) in [5, 5.41) is 7.90. The third-order valence-corrected chi connectivity index (χ3v) is 4.87. The molecule has 5 nitrogen and oxygen atoms in total. The lowest BCUT2D eigenvalue weighted by Crippen LogP contribution is -2.45. The molecule has 0 spiro atoms. The molecule has 0 aliphatic carbocycles. The van der Waals surface area contributed by atoms with Gasteiger partial charge in [-0.3, -0.25) is 9.48 Å². The first-order chi connectivity index (χ1) is 11.5. The van der Waals surface area contributed by atoms with Gasteiger partial charge in [0.2, 0.25) is 0 Å². The van der Waals surface area contributed by atoms with Crippen LogP contribution < -0.4 is 5.32 Å². The zero-order chi connectivity index (χ0) is 17.1. The molecular formula is C19H26N4O. The number of nitrogens with one attached hydrogen (secondary N) is 1. The van der Waals surface area contributed by atoms with Gasteiger partial charge in [-0.05, 0) is 44.9 Å². The van der Waals surface area contributed by atoms with Gasteiger partial charge >= 0.3 is 0 Å². The van der Waals surface area contributed by atoms with E-state index in [0.29, 0.717) is 6.04 Å². The predicted molar refractivity (Wildman–Crippen MR) is 94.9 cm³/mol. The summed E-state index contributed by atoms with van der Waals surface area (Å²) in [6.45, 7) is 5.82. The third kappa shape index (κ3) is 3.67. The summed E-state index contributed by atoms with van der Waals surface area (Å²) in [5.41, 5.74) is 3.15. The first-order valence-corrected chi connectivity index (χ1v) is 8.64. The van der Waals surface area contributed by atoms with Crippen LogP contribution in [0.1, 0.15) is 47.4 Å². The molecule has 1 N–H and O–H groups in total. The standard InChI is InChI=1S/C19H26N4O/c1-14-4-6-16(7-5-14)19(24)23-12-9-17(10-13-23)21-15(2)18-8-11-20-22(18)3/h4-8,11,15,17,21H,9-10,12-13H2,1-3H3. The maximum absolute atomic E-state index is 12.6. The summed E-state index contributed by atoms with van der Waals surface area (Å²) in [4.78, 5) is 14.5. The molecular weight excluding hydrogens is 300 g/mol. The largest absolute Gasteiger partial charge is 0.339 e. The number of aromatic nitrogens is 2. The Morgan fingerprint density at radius 1 is 1.21 bits per heavy atom. The van der Waals surface area contributed by atoms with Crippen LogP contribution in [-0.4, -0.2) is 39.7 Å². The molecule has 1 atom stereocenters. The Balaban J connectivity index is 1.53. The second-order valence-electron chi connectivity index (χ2n) is 6.70. The molecule has 0 bridgehead atoms. The first-order valence-electron chi connectivity index (χ1n) is 8.64. The monoisotopic (exact) mass is 326 g/mol.